The molecule has 0 saturated heterocycles. The molecule has 0 bridgehead atoms. The Balaban J connectivity index is 2.58. The molecule has 14 heavy (non-hydrogen) atoms. The summed E-state index contributed by atoms with van der Waals surface area (Å²) in [6.45, 7) is 3.75. The minimum Gasteiger partial charge on any atom is -0.382 e. The van der Waals surface area contributed by atoms with Gasteiger partial charge in [-0.15, -0.1) is 0 Å². The lowest BCUT2D eigenvalue weighted by atomic mass is 10.4. The normalized spacial score (nSPS) is 10.4. The minimum atomic E-state index is 0.448. The van der Waals surface area contributed by atoms with E-state index in [1.54, 1.807) is 24.0 Å². The van der Waals surface area contributed by atoms with Gasteiger partial charge in [-0.1, -0.05) is 0 Å². The summed E-state index contributed by atoms with van der Waals surface area (Å²) in [5, 5.41) is 4.13. The van der Waals surface area contributed by atoms with E-state index in [0.29, 0.717) is 11.6 Å². The molecule has 0 aromatic carbocycles. The third-order valence-corrected chi connectivity index (χ3v) is 1.98. The Labute approximate surface area is 81.6 Å². The van der Waals surface area contributed by atoms with Crippen LogP contribution in [0.4, 0.5) is 5.82 Å². The van der Waals surface area contributed by atoms with Crippen LogP contribution in [0.2, 0.25) is 0 Å². The third-order valence-electron chi connectivity index (χ3n) is 1.98. The summed E-state index contributed by atoms with van der Waals surface area (Å²) in [5.41, 5.74) is 7.49. The van der Waals surface area contributed by atoms with Crippen molar-refractivity contribution < 1.29 is 0 Å². The molecule has 72 valence electrons. The Hall–Kier alpha value is -1.91. The molecule has 0 spiro atoms. The fourth-order valence-electron chi connectivity index (χ4n) is 1.27. The summed E-state index contributed by atoms with van der Waals surface area (Å²) in [6.07, 6.45) is 3.40. The molecule has 0 radical (unpaired) electrons. The topological polar surface area (TPSA) is 69.6 Å². The van der Waals surface area contributed by atoms with Gasteiger partial charge in [0.05, 0.1) is 6.20 Å². The number of nitrogens with zero attached hydrogens (tertiary/aromatic N) is 4. The number of hydrogen-bond acceptors (Lipinski definition) is 4. The smallest absolute Gasteiger partial charge is 0.153 e. The summed E-state index contributed by atoms with van der Waals surface area (Å²) in [7, 11) is 0. The van der Waals surface area contributed by atoms with E-state index >= 15 is 0 Å². The zero-order valence-electron chi connectivity index (χ0n) is 8.10. The first-order chi connectivity index (χ1) is 6.68. The maximum absolute atomic E-state index is 5.77. The van der Waals surface area contributed by atoms with Crippen molar-refractivity contribution in [2.24, 2.45) is 0 Å². The summed E-state index contributed by atoms with van der Waals surface area (Å²) in [5.74, 6) is 1.11. The van der Waals surface area contributed by atoms with Crippen LogP contribution in [0.25, 0.3) is 5.69 Å². The molecule has 0 aliphatic heterocycles. The molecule has 2 aromatic heterocycles. The van der Waals surface area contributed by atoms with Gasteiger partial charge >= 0.3 is 0 Å². The van der Waals surface area contributed by atoms with Gasteiger partial charge in [0.1, 0.15) is 11.5 Å². The second-order valence-corrected chi connectivity index (χ2v) is 3.07. The molecule has 0 fully saturated rings. The van der Waals surface area contributed by atoms with Crippen molar-refractivity contribution in [3.8, 4) is 5.69 Å². The first kappa shape index (κ1) is 8.68. The van der Waals surface area contributed by atoms with Gasteiger partial charge in [-0.05, 0) is 19.9 Å². The average Bonchev–Trinajstić information content (AvgIpc) is 2.52. The highest BCUT2D eigenvalue weighted by molar-refractivity contribution is 5.50. The summed E-state index contributed by atoms with van der Waals surface area (Å²) >= 11 is 0. The molecule has 0 atom stereocenters. The Kier molecular flexibility index (Phi) is 1.92. The number of nitrogens with two attached hydrogens (primary N) is 1. The van der Waals surface area contributed by atoms with Gasteiger partial charge in [-0.2, -0.15) is 5.10 Å². The Morgan fingerprint density at radius 1 is 1.36 bits per heavy atom. The average molecular weight is 189 g/mol. The molecule has 0 saturated carbocycles. The SMILES string of the molecule is Cc1ncc(-n2nccc2C)c(N)n1. The van der Waals surface area contributed by atoms with E-state index in [0.717, 1.165) is 11.4 Å². The number of nitrogen functional groups attached to an aromatic ring is 1. The Morgan fingerprint density at radius 3 is 2.71 bits per heavy atom. The van der Waals surface area contributed by atoms with Gasteiger partial charge in [0.15, 0.2) is 5.82 Å². The third kappa shape index (κ3) is 1.32. The highest BCUT2D eigenvalue weighted by Gasteiger charge is 2.06. The van der Waals surface area contributed by atoms with E-state index in [2.05, 4.69) is 15.1 Å². The molecule has 5 heteroatoms. The number of aromatic nitrogens is 4. The minimum absolute atomic E-state index is 0.448. The second-order valence-electron chi connectivity index (χ2n) is 3.07. The van der Waals surface area contributed by atoms with Gasteiger partial charge in [0.2, 0.25) is 0 Å². The largest absolute Gasteiger partial charge is 0.382 e. The molecule has 0 unspecified atom stereocenters. The first-order valence-electron chi connectivity index (χ1n) is 4.28. The molecule has 2 N–H and O–H groups in total. The summed E-state index contributed by atoms with van der Waals surface area (Å²) in [4.78, 5) is 8.16. The quantitative estimate of drug-likeness (QED) is 0.722. The summed E-state index contributed by atoms with van der Waals surface area (Å²) in [6, 6.07) is 1.90. The van der Waals surface area contributed by atoms with Crippen LogP contribution < -0.4 is 5.73 Å². The summed E-state index contributed by atoms with van der Waals surface area (Å²) < 4.78 is 1.72. The van der Waals surface area contributed by atoms with E-state index < -0.39 is 0 Å². The number of anilines is 1. The van der Waals surface area contributed by atoms with Crippen LogP contribution in [0.1, 0.15) is 11.5 Å². The number of rotatable bonds is 1. The molecule has 5 nitrogen and oxygen atoms in total. The van der Waals surface area contributed by atoms with Gasteiger partial charge < -0.3 is 5.73 Å². The van der Waals surface area contributed by atoms with Crippen molar-refractivity contribution in [1.29, 1.82) is 0 Å². The zero-order valence-corrected chi connectivity index (χ0v) is 8.10. The molecular weight excluding hydrogens is 178 g/mol. The Morgan fingerprint density at radius 2 is 2.14 bits per heavy atom. The number of hydrogen-bond donors (Lipinski definition) is 1. The van der Waals surface area contributed by atoms with Crippen molar-refractivity contribution in [2.45, 2.75) is 13.8 Å². The standard InChI is InChI=1S/C9H11N5/c1-6-3-4-12-14(6)8-5-11-7(2)13-9(8)10/h3-5H,1-2H3,(H2,10,11,13). The van der Waals surface area contributed by atoms with E-state index in [-0.39, 0.29) is 0 Å². The van der Waals surface area contributed by atoms with Crippen LogP contribution in [-0.4, -0.2) is 19.7 Å². The van der Waals surface area contributed by atoms with E-state index in [4.69, 9.17) is 5.73 Å². The Bertz CT molecular complexity index is 460. The molecule has 0 aliphatic carbocycles. The predicted molar refractivity (Wildman–Crippen MR) is 53.0 cm³/mol. The van der Waals surface area contributed by atoms with Crippen LogP contribution >= 0.6 is 0 Å². The van der Waals surface area contributed by atoms with Crippen LogP contribution in [0, 0.1) is 13.8 Å². The number of aryl methyl sites for hydroxylation is 2. The monoisotopic (exact) mass is 189 g/mol. The lowest BCUT2D eigenvalue weighted by molar-refractivity contribution is 0.832. The first-order valence-corrected chi connectivity index (χ1v) is 4.28. The molecule has 2 rings (SSSR count). The van der Waals surface area contributed by atoms with Crippen molar-refractivity contribution in [3.63, 3.8) is 0 Å². The van der Waals surface area contributed by atoms with Gasteiger partial charge in [-0.25, -0.2) is 14.6 Å². The van der Waals surface area contributed by atoms with Crippen molar-refractivity contribution in [3.05, 3.63) is 30.0 Å². The molecule has 2 aromatic rings. The van der Waals surface area contributed by atoms with Gasteiger partial charge in [0, 0.05) is 11.9 Å². The van der Waals surface area contributed by atoms with E-state index in [1.807, 2.05) is 13.0 Å². The molecule has 0 amide bonds. The van der Waals surface area contributed by atoms with Crippen LogP contribution in [0.3, 0.4) is 0 Å². The van der Waals surface area contributed by atoms with Crippen LogP contribution in [0.15, 0.2) is 18.5 Å². The van der Waals surface area contributed by atoms with Crippen LogP contribution in [0.5, 0.6) is 0 Å². The van der Waals surface area contributed by atoms with E-state index in [1.165, 1.54) is 0 Å². The van der Waals surface area contributed by atoms with E-state index in [9.17, 15) is 0 Å². The van der Waals surface area contributed by atoms with Gasteiger partial charge in [-0.3, -0.25) is 0 Å². The second kappa shape index (κ2) is 3.10. The molecule has 0 aliphatic rings. The van der Waals surface area contributed by atoms with Crippen molar-refractivity contribution in [1.82, 2.24) is 19.7 Å². The molecular formula is C9H11N5. The molecule has 2 heterocycles. The van der Waals surface area contributed by atoms with Crippen molar-refractivity contribution >= 4 is 5.82 Å². The zero-order chi connectivity index (χ0) is 10.1. The van der Waals surface area contributed by atoms with Gasteiger partial charge in [0.25, 0.3) is 0 Å². The maximum atomic E-state index is 5.77. The fraction of sp³-hybridized carbons (Fsp3) is 0.222. The van der Waals surface area contributed by atoms with Crippen molar-refractivity contribution in [2.75, 3.05) is 5.73 Å². The lowest BCUT2D eigenvalue weighted by Crippen LogP contribution is -2.06. The highest BCUT2D eigenvalue weighted by atomic mass is 15.3. The predicted octanol–water partition coefficient (Wildman–Crippen LogP) is 0.861. The van der Waals surface area contributed by atoms with Crippen LogP contribution in [-0.2, 0) is 0 Å². The highest BCUT2D eigenvalue weighted by Crippen LogP contribution is 2.14. The lowest BCUT2D eigenvalue weighted by Gasteiger charge is -2.06. The fourth-order valence-corrected chi connectivity index (χ4v) is 1.27. The maximum Gasteiger partial charge on any atom is 0.153 e.